The van der Waals surface area contributed by atoms with Crippen molar-refractivity contribution in [3.05, 3.63) is 0 Å². The summed E-state index contributed by atoms with van der Waals surface area (Å²) in [7, 11) is 0.390. The van der Waals surface area contributed by atoms with Gasteiger partial charge in [0, 0.05) is 0 Å². The summed E-state index contributed by atoms with van der Waals surface area (Å²) in [5, 5.41) is 0. The molecule has 0 aromatic carbocycles. The lowest BCUT2D eigenvalue weighted by molar-refractivity contribution is 0.639. The number of nitrogens with two attached hydrogens (primary N) is 1. The van der Waals surface area contributed by atoms with E-state index >= 15 is 0 Å². The van der Waals surface area contributed by atoms with Gasteiger partial charge in [0.05, 0.1) is 0 Å². The second kappa shape index (κ2) is 12.5. The van der Waals surface area contributed by atoms with E-state index in [1.165, 1.54) is 63.4 Å². The SMILES string of the molecule is CCCP(CCC)CCCCCCCN. The topological polar surface area (TPSA) is 26.0 Å². The van der Waals surface area contributed by atoms with E-state index in [0.717, 1.165) is 6.54 Å². The third-order valence-electron chi connectivity index (χ3n) is 2.76. The van der Waals surface area contributed by atoms with Crippen LogP contribution in [0.2, 0.25) is 0 Å². The average Bonchev–Trinajstić information content (AvgIpc) is 2.24. The molecule has 0 amide bonds. The highest BCUT2D eigenvalue weighted by Gasteiger charge is 2.04. The Hall–Kier alpha value is 0.390. The van der Waals surface area contributed by atoms with Crippen LogP contribution in [-0.2, 0) is 0 Å². The summed E-state index contributed by atoms with van der Waals surface area (Å²) in [6.07, 6.45) is 14.2. The molecule has 0 heterocycles. The second-order valence-electron chi connectivity index (χ2n) is 4.40. The predicted molar refractivity (Wildman–Crippen MR) is 74.2 cm³/mol. The first-order chi connectivity index (χ1) is 7.35. The Morgan fingerprint density at radius 1 is 0.733 bits per heavy atom. The van der Waals surface area contributed by atoms with Gasteiger partial charge < -0.3 is 5.73 Å². The Labute approximate surface area is 98.0 Å². The highest BCUT2D eigenvalue weighted by Crippen LogP contribution is 2.37. The van der Waals surface area contributed by atoms with Gasteiger partial charge in [-0.25, -0.2) is 0 Å². The largest absolute Gasteiger partial charge is 0.330 e. The van der Waals surface area contributed by atoms with Gasteiger partial charge in [-0.1, -0.05) is 46.0 Å². The van der Waals surface area contributed by atoms with E-state index < -0.39 is 0 Å². The molecule has 0 radical (unpaired) electrons. The van der Waals surface area contributed by atoms with E-state index in [1.54, 1.807) is 0 Å². The molecule has 0 unspecified atom stereocenters. The molecule has 0 aliphatic rings. The van der Waals surface area contributed by atoms with Crippen molar-refractivity contribution in [3.8, 4) is 0 Å². The van der Waals surface area contributed by atoms with Gasteiger partial charge in [-0.2, -0.15) is 0 Å². The summed E-state index contributed by atoms with van der Waals surface area (Å²) in [4.78, 5) is 0. The van der Waals surface area contributed by atoms with Gasteiger partial charge in [0.15, 0.2) is 0 Å². The lowest BCUT2D eigenvalue weighted by atomic mass is 10.2. The molecule has 0 aromatic rings. The van der Waals surface area contributed by atoms with Crippen LogP contribution in [0.4, 0.5) is 0 Å². The number of unbranched alkanes of at least 4 members (excludes halogenated alkanes) is 4. The van der Waals surface area contributed by atoms with Crippen LogP contribution in [0.5, 0.6) is 0 Å². The summed E-state index contributed by atoms with van der Waals surface area (Å²) in [6.45, 7) is 5.52. The third kappa shape index (κ3) is 10.7. The van der Waals surface area contributed by atoms with Gasteiger partial charge in [-0.05, 0) is 37.9 Å². The molecule has 0 aromatic heterocycles. The maximum atomic E-state index is 5.47. The zero-order valence-electron chi connectivity index (χ0n) is 10.8. The van der Waals surface area contributed by atoms with E-state index in [-0.39, 0.29) is 0 Å². The molecule has 0 spiro atoms. The van der Waals surface area contributed by atoms with E-state index in [2.05, 4.69) is 13.8 Å². The maximum absolute atomic E-state index is 5.47. The third-order valence-corrected chi connectivity index (χ3v) is 5.87. The zero-order chi connectivity index (χ0) is 11.4. The Bertz CT molecular complexity index is 111. The quantitative estimate of drug-likeness (QED) is 0.418. The summed E-state index contributed by atoms with van der Waals surface area (Å²) < 4.78 is 0. The highest BCUT2D eigenvalue weighted by atomic mass is 31.1. The van der Waals surface area contributed by atoms with Crippen molar-refractivity contribution in [3.63, 3.8) is 0 Å². The molecule has 0 fully saturated rings. The minimum atomic E-state index is 0.390. The van der Waals surface area contributed by atoms with Crippen LogP contribution in [0.25, 0.3) is 0 Å². The standard InChI is InChI=1S/C13H30NP/c1-3-11-15(12-4-2)13-9-7-5-6-8-10-14/h3-14H2,1-2H3. The van der Waals surface area contributed by atoms with Crippen LogP contribution in [0.3, 0.4) is 0 Å². The summed E-state index contributed by atoms with van der Waals surface area (Å²) in [6, 6.07) is 0. The van der Waals surface area contributed by atoms with Crippen LogP contribution >= 0.6 is 7.92 Å². The average molecular weight is 231 g/mol. The monoisotopic (exact) mass is 231 g/mol. The smallest absolute Gasteiger partial charge is 0.00773 e. The van der Waals surface area contributed by atoms with Crippen LogP contribution in [0.1, 0.15) is 58.8 Å². The first-order valence-corrected chi connectivity index (χ1v) is 8.67. The summed E-state index contributed by atoms with van der Waals surface area (Å²) >= 11 is 0. The Kier molecular flexibility index (Phi) is 12.8. The minimum Gasteiger partial charge on any atom is -0.330 e. The van der Waals surface area contributed by atoms with Crippen LogP contribution in [0.15, 0.2) is 0 Å². The molecule has 2 heteroatoms. The molecule has 0 bridgehead atoms. The summed E-state index contributed by atoms with van der Waals surface area (Å²) in [5.74, 6) is 0. The van der Waals surface area contributed by atoms with Crippen LogP contribution in [-0.4, -0.2) is 25.0 Å². The molecule has 92 valence electrons. The number of hydrogen-bond acceptors (Lipinski definition) is 1. The molecular formula is C13H30NP. The van der Waals surface area contributed by atoms with Gasteiger partial charge in [-0.15, -0.1) is 7.92 Å². The molecule has 2 N–H and O–H groups in total. The van der Waals surface area contributed by atoms with Crippen molar-refractivity contribution in [1.29, 1.82) is 0 Å². The highest BCUT2D eigenvalue weighted by molar-refractivity contribution is 7.57. The Balaban J connectivity index is 3.28. The Morgan fingerprint density at radius 3 is 1.80 bits per heavy atom. The molecule has 0 atom stereocenters. The maximum Gasteiger partial charge on any atom is -0.00773 e. The first kappa shape index (κ1) is 15.4. The summed E-state index contributed by atoms with van der Waals surface area (Å²) in [5.41, 5.74) is 5.47. The van der Waals surface area contributed by atoms with Gasteiger partial charge in [-0.3, -0.25) is 0 Å². The molecule has 0 saturated carbocycles. The van der Waals surface area contributed by atoms with Crippen molar-refractivity contribution in [1.82, 2.24) is 0 Å². The zero-order valence-corrected chi connectivity index (χ0v) is 11.7. The lowest BCUT2D eigenvalue weighted by Crippen LogP contribution is -1.98. The van der Waals surface area contributed by atoms with Crippen molar-refractivity contribution in [2.24, 2.45) is 5.73 Å². The van der Waals surface area contributed by atoms with Gasteiger partial charge >= 0.3 is 0 Å². The lowest BCUT2D eigenvalue weighted by Gasteiger charge is -2.15. The molecule has 0 aliphatic carbocycles. The fourth-order valence-corrected chi connectivity index (χ4v) is 4.58. The van der Waals surface area contributed by atoms with Crippen molar-refractivity contribution >= 4 is 7.92 Å². The molecule has 0 rings (SSSR count). The molecule has 1 nitrogen and oxygen atoms in total. The molecule has 0 aliphatic heterocycles. The van der Waals surface area contributed by atoms with Crippen molar-refractivity contribution in [2.75, 3.05) is 25.0 Å². The first-order valence-electron chi connectivity index (χ1n) is 6.77. The molecular weight excluding hydrogens is 201 g/mol. The van der Waals surface area contributed by atoms with Crippen molar-refractivity contribution in [2.45, 2.75) is 58.8 Å². The number of rotatable bonds is 11. The molecule has 0 saturated heterocycles. The fourth-order valence-electron chi connectivity index (χ4n) is 1.98. The van der Waals surface area contributed by atoms with Gasteiger partial charge in [0.1, 0.15) is 0 Å². The number of hydrogen-bond donors (Lipinski definition) is 1. The fraction of sp³-hybridized carbons (Fsp3) is 1.00. The molecule has 15 heavy (non-hydrogen) atoms. The Morgan fingerprint density at radius 2 is 1.27 bits per heavy atom. The van der Waals surface area contributed by atoms with Gasteiger partial charge in [0.2, 0.25) is 0 Å². The van der Waals surface area contributed by atoms with Gasteiger partial charge in [0.25, 0.3) is 0 Å². The minimum absolute atomic E-state index is 0.390. The van der Waals surface area contributed by atoms with E-state index in [0.29, 0.717) is 7.92 Å². The van der Waals surface area contributed by atoms with Crippen LogP contribution < -0.4 is 5.73 Å². The van der Waals surface area contributed by atoms with E-state index in [1.807, 2.05) is 0 Å². The van der Waals surface area contributed by atoms with Crippen LogP contribution in [0, 0.1) is 0 Å². The van der Waals surface area contributed by atoms with E-state index in [4.69, 9.17) is 5.73 Å². The second-order valence-corrected chi connectivity index (χ2v) is 7.08. The van der Waals surface area contributed by atoms with E-state index in [9.17, 15) is 0 Å². The van der Waals surface area contributed by atoms with Crippen molar-refractivity contribution < 1.29 is 0 Å². The normalized spacial score (nSPS) is 11.2. The predicted octanol–water partition coefficient (Wildman–Crippen LogP) is 4.20.